The van der Waals surface area contributed by atoms with E-state index in [2.05, 4.69) is 9.97 Å². The minimum Gasteiger partial charge on any atom is -0.383 e. The summed E-state index contributed by atoms with van der Waals surface area (Å²) in [6.45, 7) is 2.43. The Kier molecular flexibility index (Phi) is 6.65. The number of rotatable bonds is 8. The monoisotopic (exact) mass is 461 g/mol. The maximum absolute atomic E-state index is 13.5. The average molecular weight is 462 g/mol. The summed E-state index contributed by atoms with van der Waals surface area (Å²) in [4.78, 5) is 45.7. The zero-order chi connectivity index (χ0) is 24.2. The van der Waals surface area contributed by atoms with Gasteiger partial charge in [-0.1, -0.05) is 42.5 Å². The fraction of sp³-hybridized carbons (Fsp3) is 0.240. The van der Waals surface area contributed by atoms with Crippen molar-refractivity contribution in [1.29, 1.82) is 0 Å². The summed E-state index contributed by atoms with van der Waals surface area (Å²) in [5.41, 5.74) is 8.53. The fourth-order valence-electron chi connectivity index (χ4n) is 4.15. The van der Waals surface area contributed by atoms with Gasteiger partial charge in [0.1, 0.15) is 5.82 Å². The van der Waals surface area contributed by atoms with Gasteiger partial charge in [0.05, 0.1) is 19.6 Å². The van der Waals surface area contributed by atoms with Crippen molar-refractivity contribution < 1.29 is 9.53 Å². The molecule has 0 fully saturated rings. The van der Waals surface area contributed by atoms with Crippen LogP contribution in [0.3, 0.4) is 0 Å². The number of fused-ring (bicyclic) bond motifs is 1. The summed E-state index contributed by atoms with van der Waals surface area (Å²) in [5, 5.41) is 0.971. The van der Waals surface area contributed by atoms with Crippen molar-refractivity contribution in [2.45, 2.75) is 19.9 Å². The molecule has 2 heterocycles. The molecule has 0 saturated heterocycles. The van der Waals surface area contributed by atoms with Crippen molar-refractivity contribution in [1.82, 2.24) is 14.5 Å². The number of aryl methyl sites for hydroxylation is 1. The molecule has 0 radical (unpaired) electrons. The maximum atomic E-state index is 13.5. The number of H-pyrrole nitrogens is 2. The summed E-state index contributed by atoms with van der Waals surface area (Å²) in [7, 11) is 1.51. The lowest BCUT2D eigenvalue weighted by Gasteiger charge is -2.24. The molecule has 0 aliphatic rings. The topological polar surface area (TPSA) is 126 Å². The molecule has 0 aliphatic heterocycles. The molecule has 4 aromatic rings. The highest BCUT2D eigenvalue weighted by Gasteiger charge is 2.25. The summed E-state index contributed by atoms with van der Waals surface area (Å²) in [5.74, 6) is -0.402. The van der Waals surface area contributed by atoms with Crippen LogP contribution < -0.4 is 21.9 Å². The molecular formula is C25H27N5O4. The number of nitrogen functional groups attached to an aromatic ring is 1. The predicted octanol–water partition coefficient (Wildman–Crippen LogP) is 2.18. The Morgan fingerprint density at radius 2 is 1.88 bits per heavy atom. The molecule has 0 bridgehead atoms. The second kappa shape index (κ2) is 9.80. The zero-order valence-corrected chi connectivity index (χ0v) is 19.1. The lowest BCUT2D eigenvalue weighted by atomic mass is 10.0. The van der Waals surface area contributed by atoms with Gasteiger partial charge in [0.25, 0.3) is 5.56 Å². The molecule has 4 rings (SSSR count). The number of methoxy groups -OCH3 is 1. The quantitative estimate of drug-likeness (QED) is 0.371. The van der Waals surface area contributed by atoms with Crippen LogP contribution >= 0.6 is 0 Å². The largest absolute Gasteiger partial charge is 0.383 e. The van der Waals surface area contributed by atoms with Crippen molar-refractivity contribution in [3.05, 3.63) is 92.3 Å². The van der Waals surface area contributed by atoms with E-state index in [9.17, 15) is 14.4 Å². The van der Waals surface area contributed by atoms with E-state index in [0.29, 0.717) is 0 Å². The molecule has 176 valence electrons. The number of anilines is 2. The van der Waals surface area contributed by atoms with E-state index in [0.717, 1.165) is 27.6 Å². The molecule has 2 aromatic carbocycles. The van der Waals surface area contributed by atoms with Gasteiger partial charge in [0.2, 0.25) is 5.91 Å². The highest BCUT2D eigenvalue weighted by atomic mass is 16.5. The number of nitrogens with one attached hydrogen (secondary N) is 2. The number of hydrogen-bond donors (Lipinski definition) is 3. The molecule has 0 saturated carbocycles. The van der Waals surface area contributed by atoms with Crippen LogP contribution in [0.5, 0.6) is 0 Å². The summed E-state index contributed by atoms with van der Waals surface area (Å²) < 4.78 is 6.44. The molecule has 34 heavy (non-hydrogen) atoms. The Balaban J connectivity index is 1.74. The highest BCUT2D eigenvalue weighted by molar-refractivity contribution is 5.99. The van der Waals surface area contributed by atoms with E-state index < -0.39 is 11.2 Å². The first kappa shape index (κ1) is 23.1. The van der Waals surface area contributed by atoms with E-state index in [1.54, 1.807) is 6.20 Å². The normalized spacial score (nSPS) is 11.1. The lowest BCUT2D eigenvalue weighted by molar-refractivity contribution is -0.118. The van der Waals surface area contributed by atoms with Gasteiger partial charge in [-0.15, -0.1) is 0 Å². The standard InChI is InChI=1S/C25H27N5O4/c1-16-7-6-10-19-21(16)18(14-27-19)13-20(31)29(11-12-34-2)22-23(26)30(25(33)28-24(22)32)15-17-8-4-3-5-9-17/h3-10,14,27H,11-13,15,26H2,1-2H3,(H,28,32,33). The number of nitrogens with zero attached hydrogens (tertiary/aromatic N) is 2. The van der Waals surface area contributed by atoms with Gasteiger partial charge < -0.3 is 20.4 Å². The molecule has 0 spiro atoms. The molecule has 2 aromatic heterocycles. The van der Waals surface area contributed by atoms with Gasteiger partial charge in [-0.25, -0.2) is 4.79 Å². The van der Waals surface area contributed by atoms with E-state index in [1.165, 1.54) is 16.6 Å². The van der Waals surface area contributed by atoms with E-state index >= 15 is 0 Å². The van der Waals surface area contributed by atoms with Crippen molar-refractivity contribution >= 4 is 28.3 Å². The number of carbonyl (C=O) groups excluding carboxylic acids is 1. The van der Waals surface area contributed by atoms with Crippen molar-refractivity contribution in [2.24, 2.45) is 0 Å². The first-order valence-electron chi connectivity index (χ1n) is 10.9. The molecule has 9 heteroatoms. The van der Waals surface area contributed by atoms with Crippen LogP contribution in [0.4, 0.5) is 11.5 Å². The Bertz CT molecular complexity index is 1440. The number of benzene rings is 2. The lowest BCUT2D eigenvalue weighted by Crippen LogP contribution is -2.43. The second-order valence-electron chi connectivity index (χ2n) is 8.09. The van der Waals surface area contributed by atoms with Gasteiger partial charge in [-0.05, 0) is 29.7 Å². The van der Waals surface area contributed by atoms with Crippen LogP contribution in [-0.4, -0.2) is 40.7 Å². The van der Waals surface area contributed by atoms with Gasteiger partial charge in [0.15, 0.2) is 5.69 Å². The van der Waals surface area contributed by atoms with E-state index in [1.807, 2.05) is 55.5 Å². The minimum atomic E-state index is -0.716. The third-order valence-electron chi connectivity index (χ3n) is 5.83. The smallest absolute Gasteiger partial charge is 0.330 e. The molecule has 0 unspecified atom stereocenters. The van der Waals surface area contributed by atoms with E-state index in [-0.39, 0.29) is 43.5 Å². The van der Waals surface area contributed by atoms with Crippen molar-refractivity contribution in [2.75, 3.05) is 30.9 Å². The zero-order valence-electron chi connectivity index (χ0n) is 19.1. The van der Waals surface area contributed by atoms with Crippen LogP contribution in [0.25, 0.3) is 10.9 Å². The average Bonchev–Trinajstić information content (AvgIpc) is 3.23. The van der Waals surface area contributed by atoms with Gasteiger partial charge >= 0.3 is 5.69 Å². The van der Waals surface area contributed by atoms with Gasteiger partial charge in [0, 0.05) is 30.8 Å². The molecule has 9 nitrogen and oxygen atoms in total. The number of hydrogen-bond acceptors (Lipinski definition) is 5. The SMILES string of the molecule is COCCN(C(=O)Cc1c[nH]c2cccc(C)c12)c1c(N)n(Cc2ccccc2)c(=O)[nH]c1=O. The van der Waals surface area contributed by atoms with E-state index in [4.69, 9.17) is 10.5 Å². The Hall–Kier alpha value is -4.11. The van der Waals surface area contributed by atoms with Crippen LogP contribution in [0, 0.1) is 6.92 Å². The third kappa shape index (κ3) is 4.51. The predicted molar refractivity (Wildman–Crippen MR) is 132 cm³/mol. The number of aromatic nitrogens is 3. The Labute approximate surface area is 195 Å². The summed E-state index contributed by atoms with van der Waals surface area (Å²) >= 11 is 0. The first-order valence-corrected chi connectivity index (χ1v) is 10.9. The number of nitrogens with two attached hydrogens (primary N) is 1. The number of ether oxygens (including phenoxy) is 1. The van der Waals surface area contributed by atoms with Crippen molar-refractivity contribution in [3.8, 4) is 0 Å². The Morgan fingerprint density at radius 3 is 2.62 bits per heavy atom. The van der Waals surface area contributed by atoms with Crippen LogP contribution in [0.15, 0.2) is 64.3 Å². The molecule has 0 aliphatic carbocycles. The van der Waals surface area contributed by atoms with Crippen LogP contribution in [-0.2, 0) is 22.5 Å². The number of aromatic amines is 2. The fourth-order valence-corrected chi connectivity index (χ4v) is 4.15. The highest BCUT2D eigenvalue weighted by Crippen LogP contribution is 2.24. The molecule has 4 N–H and O–H groups in total. The number of carbonyl (C=O) groups is 1. The minimum absolute atomic E-state index is 0.0469. The third-order valence-corrected chi connectivity index (χ3v) is 5.83. The molecular weight excluding hydrogens is 434 g/mol. The number of amides is 1. The molecule has 0 atom stereocenters. The first-order chi connectivity index (χ1) is 16.4. The molecule has 1 amide bonds. The van der Waals surface area contributed by atoms with Gasteiger partial charge in [-0.2, -0.15) is 0 Å². The summed E-state index contributed by atoms with van der Waals surface area (Å²) in [6, 6.07) is 15.1. The van der Waals surface area contributed by atoms with Crippen molar-refractivity contribution in [3.63, 3.8) is 0 Å². The Morgan fingerprint density at radius 1 is 1.12 bits per heavy atom. The van der Waals surface area contributed by atoms with Crippen LogP contribution in [0.2, 0.25) is 0 Å². The maximum Gasteiger partial charge on any atom is 0.330 e. The second-order valence-corrected chi connectivity index (χ2v) is 8.09. The van der Waals surface area contributed by atoms with Crippen LogP contribution in [0.1, 0.15) is 16.7 Å². The van der Waals surface area contributed by atoms with Gasteiger partial charge in [-0.3, -0.25) is 19.1 Å². The summed E-state index contributed by atoms with van der Waals surface area (Å²) in [6.07, 6.45) is 1.85.